The monoisotopic (exact) mass is 460 g/mol. The molecule has 2 aromatic carbocycles. The molecule has 1 amide bonds. The van der Waals surface area contributed by atoms with Crippen molar-refractivity contribution in [3.63, 3.8) is 0 Å². The molecule has 0 unspecified atom stereocenters. The number of halogens is 1. The number of fused-ring (bicyclic) bond motifs is 1. The number of hydrogen-bond acceptors (Lipinski definition) is 5. The van der Waals surface area contributed by atoms with Crippen molar-refractivity contribution in [3.05, 3.63) is 83.1 Å². The minimum atomic E-state index is 0.00816. The smallest absolute Gasteiger partial charge is 0.253 e. The summed E-state index contributed by atoms with van der Waals surface area (Å²) in [5.74, 6) is 1.23. The highest BCUT2D eigenvalue weighted by molar-refractivity contribution is 6.31. The molecule has 7 heteroatoms. The fourth-order valence-electron chi connectivity index (χ4n) is 3.55. The largest absolute Gasteiger partial charge is 0.455 e. The van der Waals surface area contributed by atoms with Gasteiger partial charge in [0.05, 0.1) is 11.4 Å². The number of rotatable bonds is 7. The Balaban J connectivity index is 1.60. The summed E-state index contributed by atoms with van der Waals surface area (Å²) in [5, 5.41) is 4.88. The van der Waals surface area contributed by atoms with Crippen molar-refractivity contribution in [3.8, 4) is 11.5 Å². The van der Waals surface area contributed by atoms with E-state index < -0.39 is 0 Å². The maximum atomic E-state index is 12.5. The Morgan fingerprint density at radius 1 is 1.00 bits per heavy atom. The van der Waals surface area contributed by atoms with Gasteiger partial charge >= 0.3 is 0 Å². The highest BCUT2D eigenvalue weighted by atomic mass is 35.5. The van der Waals surface area contributed by atoms with Gasteiger partial charge in [-0.05, 0) is 81.4 Å². The molecule has 0 saturated heterocycles. The Morgan fingerprint density at radius 3 is 2.48 bits per heavy atom. The van der Waals surface area contributed by atoms with Crippen LogP contribution in [0.3, 0.4) is 0 Å². The predicted molar refractivity (Wildman–Crippen MR) is 133 cm³/mol. The Labute approximate surface area is 198 Å². The summed E-state index contributed by atoms with van der Waals surface area (Å²) in [7, 11) is 0. The van der Waals surface area contributed by atoms with Gasteiger partial charge in [-0.1, -0.05) is 11.6 Å². The zero-order chi connectivity index (χ0) is 23.4. The van der Waals surface area contributed by atoms with Crippen molar-refractivity contribution in [2.24, 2.45) is 0 Å². The molecular formula is C26H25ClN4O2. The number of aryl methyl sites for hydroxylation is 1. The lowest BCUT2D eigenvalue weighted by Crippen LogP contribution is -2.30. The van der Waals surface area contributed by atoms with E-state index in [2.05, 4.69) is 15.3 Å². The van der Waals surface area contributed by atoms with Crippen molar-refractivity contribution in [2.45, 2.75) is 20.8 Å². The van der Waals surface area contributed by atoms with Crippen LogP contribution in [0.25, 0.3) is 11.0 Å². The van der Waals surface area contributed by atoms with E-state index in [1.165, 1.54) is 0 Å². The van der Waals surface area contributed by atoms with Crippen molar-refractivity contribution in [2.75, 3.05) is 18.4 Å². The number of carbonyl (C=O) groups is 1. The van der Waals surface area contributed by atoms with Gasteiger partial charge in [0.15, 0.2) is 11.4 Å². The first-order chi connectivity index (χ1) is 16.0. The molecule has 168 valence electrons. The fourth-order valence-corrected chi connectivity index (χ4v) is 3.72. The van der Waals surface area contributed by atoms with Crippen LogP contribution in [-0.2, 0) is 0 Å². The molecule has 6 nitrogen and oxygen atoms in total. The van der Waals surface area contributed by atoms with Gasteiger partial charge < -0.3 is 15.0 Å². The number of carbonyl (C=O) groups excluding carboxylic acids is 1. The summed E-state index contributed by atoms with van der Waals surface area (Å²) in [6.45, 7) is 7.22. The molecule has 0 radical (unpaired) electrons. The summed E-state index contributed by atoms with van der Waals surface area (Å²) in [6, 6.07) is 18.4. The van der Waals surface area contributed by atoms with E-state index in [0.717, 1.165) is 16.8 Å². The van der Waals surface area contributed by atoms with E-state index >= 15 is 0 Å². The van der Waals surface area contributed by atoms with Crippen LogP contribution in [0.2, 0.25) is 5.02 Å². The first-order valence-electron chi connectivity index (χ1n) is 10.8. The minimum absolute atomic E-state index is 0.00816. The van der Waals surface area contributed by atoms with Crippen LogP contribution in [0.15, 0.2) is 66.9 Å². The Hall–Kier alpha value is -3.64. The molecule has 1 N–H and O–H groups in total. The summed E-state index contributed by atoms with van der Waals surface area (Å²) < 4.78 is 6.14. The first kappa shape index (κ1) is 22.6. The molecule has 0 fully saturated rings. The van der Waals surface area contributed by atoms with E-state index in [1.807, 2.05) is 51.1 Å². The second-order valence-electron chi connectivity index (χ2n) is 7.55. The molecule has 0 aliphatic heterocycles. The molecular weight excluding hydrogens is 436 g/mol. The third kappa shape index (κ3) is 5.07. The Bertz CT molecular complexity index is 1290. The SMILES string of the molecule is CCN(CC)C(=O)c1ccc(Oc2ccc(Cl)cc2Nc2ccnc3nc(C)ccc23)cc1. The number of nitrogens with one attached hydrogen (secondary N) is 1. The van der Waals surface area contributed by atoms with Crippen molar-refractivity contribution in [1.82, 2.24) is 14.9 Å². The summed E-state index contributed by atoms with van der Waals surface area (Å²) in [5.41, 5.74) is 3.75. The van der Waals surface area contributed by atoms with Gasteiger partial charge in [0.1, 0.15) is 5.75 Å². The van der Waals surface area contributed by atoms with Gasteiger partial charge in [-0.15, -0.1) is 0 Å². The Kier molecular flexibility index (Phi) is 6.75. The lowest BCUT2D eigenvalue weighted by Gasteiger charge is -2.19. The summed E-state index contributed by atoms with van der Waals surface area (Å²) in [4.78, 5) is 23.2. The number of ether oxygens (including phenoxy) is 1. The quantitative estimate of drug-likeness (QED) is 0.336. The molecule has 0 atom stereocenters. The van der Waals surface area contributed by atoms with Gasteiger partial charge in [0.25, 0.3) is 5.91 Å². The standard InChI is InChI=1S/C26H25ClN4O2/c1-4-31(5-2)26(32)18-7-10-20(11-8-18)33-24-13-9-19(27)16-23(24)30-22-14-15-28-25-21(22)12-6-17(3)29-25/h6-16H,4-5H2,1-3H3,(H,28,29,30). The molecule has 0 spiro atoms. The number of benzene rings is 2. The first-order valence-corrected chi connectivity index (χ1v) is 11.2. The molecule has 0 bridgehead atoms. The average molecular weight is 461 g/mol. The van der Waals surface area contributed by atoms with Crippen molar-refractivity contribution < 1.29 is 9.53 Å². The van der Waals surface area contributed by atoms with Gasteiger partial charge in [-0.3, -0.25) is 4.79 Å². The maximum Gasteiger partial charge on any atom is 0.253 e. The lowest BCUT2D eigenvalue weighted by atomic mass is 10.2. The van der Waals surface area contributed by atoms with Gasteiger partial charge in [-0.25, -0.2) is 9.97 Å². The molecule has 0 saturated carbocycles. The molecule has 0 aliphatic rings. The Morgan fingerprint density at radius 2 is 1.76 bits per heavy atom. The molecule has 4 aromatic rings. The highest BCUT2D eigenvalue weighted by Gasteiger charge is 2.13. The zero-order valence-corrected chi connectivity index (χ0v) is 19.6. The van der Waals surface area contributed by atoms with Crippen LogP contribution in [0, 0.1) is 6.92 Å². The van der Waals surface area contributed by atoms with Gasteiger partial charge in [0.2, 0.25) is 0 Å². The summed E-state index contributed by atoms with van der Waals surface area (Å²) >= 11 is 6.28. The number of nitrogens with zero attached hydrogens (tertiary/aromatic N) is 3. The highest BCUT2D eigenvalue weighted by Crippen LogP contribution is 2.35. The average Bonchev–Trinajstić information content (AvgIpc) is 2.82. The van der Waals surface area contributed by atoms with Crippen LogP contribution in [0.5, 0.6) is 11.5 Å². The van der Waals surface area contributed by atoms with E-state index in [9.17, 15) is 4.79 Å². The van der Waals surface area contributed by atoms with E-state index in [0.29, 0.717) is 46.5 Å². The number of anilines is 2. The number of pyridine rings is 2. The number of amides is 1. The zero-order valence-electron chi connectivity index (χ0n) is 18.8. The third-order valence-corrected chi connectivity index (χ3v) is 5.57. The van der Waals surface area contributed by atoms with E-state index in [1.54, 1.807) is 41.4 Å². The lowest BCUT2D eigenvalue weighted by molar-refractivity contribution is 0.0773. The third-order valence-electron chi connectivity index (χ3n) is 5.33. The molecule has 4 rings (SSSR count). The molecule has 2 heterocycles. The van der Waals surface area contributed by atoms with Crippen molar-refractivity contribution >= 4 is 39.9 Å². The number of hydrogen-bond donors (Lipinski definition) is 1. The van der Waals surface area contributed by atoms with Gasteiger partial charge in [0, 0.05) is 41.0 Å². The topological polar surface area (TPSA) is 67.3 Å². The minimum Gasteiger partial charge on any atom is -0.455 e. The molecule has 33 heavy (non-hydrogen) atoms. The van der Waals surface area contributed by atoms with Crippen LogP contribution >= 0.6 is 11.6 Å². The van der Waals surface area contributed by atoms with Crippen LogP contribution < -0.4 is 10.1 Å². The molecule has 0 aliphatic carbocycles. The second kappa shape index (κ2) is 9.88. The van der Waals surface area contributed by atoms with Gasteiger partial charge in [-0.2, -0.15) is 0 Å². The van der Waals surface area contributed by atoms with E-state index in [4.69, 9.17) is 16.3 Å². The van der Waals surface area contributed by atoms with Crippen LogP contribution in [0.4, 0.5) is 11.4 Å². The summed E-state index contributed by atoms with van der Waals surface area (Å²) in [6.07, 6.45) is 1.72. The van der Waals surface area contributed by atoms with Crippen LogP contribution in [-0.4, -0.2) is 33.9 Å². The van der Waals surface area contributed by atoms with Crippen LogP contribution in [0.1, 0.15) is 29.9 Å². The number of aromatic nitrogens is 2. The predicted octanol–water partition coefficient (Wildman–Crippen LogP) is 6.61. The fraction of sp³-hybridized carbons (Fsp3) is 0.192. The van der Waals surface area contributed by atoms with Crippen molar-refractivity contribution in [1.29, 1.82) is 0 Å². The van der Waals surface area contributed by atoms with E-state index in [-0.39, 0.29) is 5.91 Å². The second-order valence-corrected chi connectivity index (χ2v) is 7.99. The molecule has 2 aromatic heterocycles. The normalized spacial score (nSPS) is 10.8. The maximum absolute atomic E-state index is 12.5.